The third kappa shape index (κ3) is 4.35. The first-order valence-corrected chi connectivity index (χ1v) is 7.59. The Morgan fingerprint density at radius 3 is 2.60 bits per heavy atom. The summed E-state index contributed by atoms with van der Waals surface area (Å²) in [7, 11) is -1.20. The number of nitrogen functional groups attached to an aromatic ring is 1. The molecule has 0 aliphatic rings. The largest absolute Gasteiger partial charge is 0.494 e. The molecule has 5 heteroatoms. The van der Waals surface area contributed by atoms with Gasteiger partial charge in [-0.2, -0.15) is 0 Å². The molecule has 0 radical (unpaired) electrons. The number of nitrogens with two attached hydrogens (primary N) is 1. The predicted molar refractivity (Wildman–Crippen MR) is 78.6 cm³/mol. The van der Waals surface area contributed by atoms with Crippen molar-refractivity contribution < 1.29 is 13.3 Å². The predicted octanol–water partition coefficient (Wildman–Crippen LogP) is 2.98. The van der Waals surface area contributed by atoms with E-state index in [9.17, 15) is 8.60 Å². The molecule has 0 saturated carbocycles. The number of anilines is 1. The molecule has 1 atom stereocenters. The minimum absolute atomic E-state index is 0.367. The maximum atomic E-state index is 13.0. The van der Waals surface area contributed by atoms with Crippen LogP contribution in [0.4, 0.5) is 10.1 Å². The lowest BCUT2D eigenvalue weighted by Crippen LogP contribution is -2.05. The summed E-state index contributed by atoms with van der Waals surface area (Å²) >= 11 is 0. The molecule has 3 nitrogen and oxygen atoms in total. The Hall–Kier alpha value is -1.88. The van der Waals surface area contributed by atoms with Crippen molar-refractivity contribution in [1.29, 1.82) is 0 Å². The van der Waals surface area contributed by atoms with Gasteiger partial charge in [0.1, 0.15) is 11.6 Å². The molecule has 0 aliphatic carbocycles. The molecule has 20 heavy (non-hydrogen) atoms. The molecule has 106 valence electrons. The third-order valence-electron chi connectivity index (χ3n) is 2.68. The number of hydrogen-bond donors (Lipinski definition) is 1. The number of rotatable bonds is 6. The Morgan fingerprint density at radius 2 is 1.90 bits per heavy atom. The van der Waals surface area contributed by atoms with Crippen molar-refractivity contribution in [2.45, 2.75) is 11.3 Å². The van der Waals surface area contributed by atoms with Crippen LogP contribution in [0.1, 0.15) is 6.42 Å². The van der Waals surface area contributed by atoms with E-state index in [0.29, 0.717) is 29.4 Å². The zero-order valence-electron chi connectivity index (χ0n) is 10.9. The van der Waals surface area contributed by atoms with E-state index >= 15 is 0 Å². The van der Waals surface area contributed by atoms with Crippen LogP contribution in [-0.2, 0) is 10.8 Å². The fourth-order valence-corrected chi connectivity index (χ4v) is 2.76. The summed E-state index contributed by atoms with van der Waals surface area (Å²) in [6, 6.07) is 13.0. The molecule has 0 fully saturated rings. The van der Waals surface area contributed by atoms with Crippen molar-refractivity contribution in [2.24, 2.45) is 0 Å². The van der Waals surface area contributed by atoms with Gasteiger partial charge < -0.3 is 10.5 Å². The van der Waals surface area contributed by atoms with Gasteiger partial charge in [-0.05, 0) is 48.9 Å². The number of hydrogen-bond acceptors (Lipinski definition) is 3. The number of halogens is 1. The van der Waals surface area contributed by atoms with E-state index in [1.54, 1.807) is 36.4 Å². The molecule has 2 aromatic rings. The summed E-state index contributed by atoms with van der Waals surface area (Å²) in [6.07, 6.45) is 0.632. The Kier molecular flexibility index (Phi) is 5.12. The van der Waals surface area contributed by atoms with Crippen LogP contribution in [0.5, 0.6) is 5.75 Å². The second-order valence-corrected chi connectivity index (χ2v) is 5.85. The first-order chi connectivity index (χ1) is 9.65. The van der Waals surface area contributed by atoms with Crippen LogP contribution < -0.4 is 10.5 Å². The van der Waals surface area contributed by atoms with Crippen LogP contribution in [0.2, 0.25) is 0 Å². The van der Waals surface area contributed by atoms with Crippen molar-refractivity contribution in [2.75, 3.05) is 18.1 Å². The van der Waals surface area contributed by atoms with Crippen LogP contribution in [-0.4, -0.2) is 16.6 Å². The average Bonchev–Trinajstić information content (AvgIpc) is 2.45. The topological polar surface area (TPSA) is 52.3 Å². The van der Waals surface area contributed by atoms with Gasteiger partial charge in [0.25, 0.3) is 0 Å². The summed E-state index contributed by atoms with van der Waals surface area (Å²) < 4.78 is 30.4. The van der Waals surface area contributed by atoms with Gasteiger partial charge in [-0.3, -0.25) is 4.21 Å². The molecule has 0 amide bonds. The second kappa shape index (κ2) is 7.05. The lowest BCUT2D eigenvalue weighted by Gasteiger charge is -2.06. The van der Waals surface area contributed by atoms with Gasteiger partial charge in [-0.15, -0.1) is 0 Å². The van der Waals surface area contributed by atoms with Crippen LogP contribution in [0.3, 0.4) is 0 Å². The fourth-order valence-electron chi connectivity index (χ4n) is 1.67. The second-order valence-electron chi connectivity index (χ2n) is 4.28. The van der Waals surface area contributed by atoms with Crippen LogP contribution >= 0.6 is 0 Å². The highest BCUT2D eigenvalue weighted by molar-refractivity contribution is 7.85. The lowest BCUT2D eigenvalue weighted by molar-refractivity contribution is 0.318. The Balaban J connectivity index is 1.76. The summed E-state index contributed by atoms with van der Waals surface area (Å²) in [5.74, 6) is 0.808. The van der Waals surface area contributed by atoms with E-state index in [0.717, 1.165) is 5.75 Å². The van der Waals surface area contributed by atoms with E-state index in [1.807, 2.05) is 0 Å². The Bertz CT molecular complexity index is 587. The van der Waals surface area contributed by atoms with Gasteiger partial charge in [0.15, 0.2) is 0 Å². The molecule has 2 rings (SSSR count). The van der Waals surface area contributed by atoms with Crippen molar-refractivity contribution in [3.63, 3.8) is 0 Å². The van der Waals surface area contributed by atoms with E-state index in [2.05, 4.69) is 0 Å². The van der Waals surface area contributed by atoms with E-state index in [-0.39, 0.29) is 5.82 Å². The van der Waals surface area contributed by atoms with Gasteiger partial charge in [0.05, 0.1) is 17.4 Å². The van der Waals surface area contributed by atoms with Crippen molar-refractivity contribution in [3.05, 3.63) is 54.3 Å². The number of ether oxygens (including phenoxy) is 1. The first kappa shape index (κ1) is 14.5. The first-order valence-electron chi connectivity index (χ1n) is 6.27. The molecule has 0 bridgehead atoms. The fraction of sp³-hybridized carbons (Fsp3) is 0.200. The van der Waals surface area contributed by atoms with Crippen LogP contribution in [0.25, 0.3) is 0 Å². The van der Waals surface area contributed by atoms with Gasteiger partial charge in [0, 0.05) is 16.3 Å². The average molecular weight is 293 g/mol. The minimum Gasteiger partial charge on any atom is -0.494 e. The molecule has 2 N–H and O–H groups in total. The quantitative estimate of drug-likeness (QED) is 0.658. The highest BCUT2D eigenvalue weighted by atomic mass is 32.2. The van der Waals surface area contributed by atoms with Crippen molar-refractivity contribution >= 4 is 16.5 Å². The smallest absolute Gasteiger partial charge is 0.124 e. The molecular weight excluding hydrogens is 277 g/mol. The molecule has 1 unspecified atom stereocenters. The SMILES string of the molecule is Nc1ccc(OCCCS(=O)c2cccc(F)c2)cc1. The van der Waals surface area contributed by atoms with E-state index in [1.165, 1.54) is 12.1 Å². The normalized spacial score (nSPS) is 12.1. The van der Waals surface area contributed by atoms with E-state index < -0.39 is 10.8 Å². The molecule has 0 heterocycles. The van der Waals surface area contributed by atoms with Crippen molar-refractivity contribution in [3.8, 4) is 5.75 Å². The highest BCUT2D eigenvalue weighted by Gasteiger charge is 2.04. The highest BCUT2D eigenvalue weighted by Crippen LogP contribution is 2.14. The van der Waals surface area contributed by atoms with Gasteiger partial charge >= 0.3 is 0 Å². The Morgan fingerprint density at radius 1 is 1.15 bits per heavy atom. The summed E-state index contributed by atoms with van der Waals surface area (Å²) in [5, 5.41) is 0. The molecule has 0 spiro atoms. The molecule has 2 aromatic carbocycles. The summed E-state index contributed by atoms with van der Waals surface area (Å²) in [6.45, 7) is 0.463. The molecule has 0 aromatic heterocycles. The third-order valence-corrected chi connectivity index (χ3v) is 4.12. The zero-order chi connectivity index (χ0) is 14.4. The Labute approximate surface area is 120 Å². The summed E-state index contributed by atoms with van der Waals surface area (Å²) in [4.78, 5) is 0.512. The monoisotopic (exact) mass is 293 g/mol. The molecule has 0 aliphatic heterocycles. The zero-order valence-corrected chi connectivity index (χ0v) is 11.7. The minimum atomic E-state index is -1.20. The van der Waals surface area contributed by atoms with Crippen LogP contribution in [0, 0.1) is 5.82 Å². The maximum Gasteiger partial charge on any atom is 0.124 e. The van der Waals surface area contributed by atoms with Gasteiger partial charge in [-0.25, -0.2) is 4.39 Å². The molecule has 0 saturated heterocycles. The van der Waals surface area contributed by atoms with Crippen LogP contribution in [0.15, 0.2) is 53.4 Å². The van der Waals surface area contributed by atoms with Gasteiger partial charge in [0.2, 0.25) is 0 Å². The number of benzene rings is 2. The lowest BCUT2D eigenvalue weighted by atomic mass is 10.3. The van der Waals surface area contributed by atoms with Gasteiger partial charge in [-0.1, -0.05) is 6.07 Å². The molecular formula is C15H16FNO2S. The van der Waals surface area contributed by atoms with Crippen molar-refractivity contribution in [1.82, 2.24) is 0 Å². The summed E-state index contributed by atoms with van der Waals surface area (Å²) in [5.41, 5.74) is 6.26. The standard InChI is InChI=1S/C15H16FNO2S/c16-12-3-1-4-15(11-12)20(18)10-2-9-19-14-7-5-13(17)6-8-14/h1,3-8,11H,2,9-10,17H2. The van der Waals surface area contributed by atoms with E-state index in [4.69, 9.17) is 10.5 Å². The maximum absolute atomic E-state index is 13.0.